The van der Waals surface area contributed by atoms with Crippen LogP contribution in [0.4, 0.5) is 24.9 Å². The Hall–Kier alpha value is -2.00. The van der Waals surface area contributed by atoms with E-state index in [9.17, 15) is 18.3 Å². The first-order chi connectivity index (χ1) is 16.9. The number of aryl methyl sites for hydroxylation is 1. The molecule has 0 radical (unpaired) electrons. The van der Waals surface area contributed by atoms with Crippen molar-refractivity contribution in [2.45, 2.75) is 88.2 Å². The highest BCUT2D eigenvalue weighted by Crippen LogP contribution is 2.55. The lowest BCUT2D eigenvalue weighted by atomic mass is 9.82. The molecule has 1 aliphatic carbocycles. The van der Waals surface area contributed by atoms with E-state index in [1.807, 2.05) is 13.0 Å². The molecule has 1 fully saturated rings. The van der Waals surface area contributed by atoms with Crippen molar-refractivity contribution >= 4 is 23.5 Å². The molecular formula is C27H37F3N4OS. The molecular weight excluding hydrogens is 485 g/mol. The van der Waals surface area contributed by atoms with Crippen molar-refractivity contribution in [1.29, 1.82) is 0 Å². The normalized spacial score (nSPS) is 31.1. The predicted molar refractivity (Wildman–Crippen MR) is 140 cm³/mol. The van der Waals surface area contributed by atoms with Crippen LogP contribution in [0.2, 0.25) is 0 Å². The third-order valence-electron chi connectivity index (χ3n) is 8.57. The number of nitrogens with zero attached hydrogens (tertiary/aromatic N) is 2. The van der Waals surface area contributed by atoms with Gasteiger partial charge in [0.15, 0.2) is 0 Å². The van der Waals surface area contributed by atoms with E-state index in [1.54, 1.807) is 11.8 Å². The Bertz CT molecular complexity index is 1100. The molecule has 0 saturated heterocycles. The fraction of sp³-hybridized carbons (Fsp3) is 0.630. The first kappa shape index (κ1) is 27.0. The van der Waals surface area contributed by atoms with Crippen LogP contribution in [0, 0.1) is 24.7 Å². The molecule has 3 N–H and O–H groups in total. The van der Waals surface area contributed by atoms with Crippen LogP contribution < -0.4 is 10.6 Å². The number of hydrogen-bond donors (Lipinski definition) is 3. The SMILES string of the molecule is Cc1nc(NC(C)C(F)(F)F)nc(NC2(C)CCC(CO)C2C)c1C1Sc2ccccc2C(C)C1C. The van der Waals surface area contributed by atoms with Crippen molar-refractivity contribution in [3.05, 3.63) is 41.1 Å². The molecule has 7 atom stereocenters. The average molecular weight is 523 g/mol. The number of aromatic nitrogens is 2. The first-order valence-corrected chi connectivity index (χ1v) is 13.6. The molecule has 1 saturated carbocycles. The number of hydrogen-bond acceptors (Lipinski definition) is 6. The van der Waals surface area contributed by atoms with Crippen LogP contribution in [-0.2, 0) is 0 Å². The molecule has 4 rings (SSSR count). The highest BCUT2D eigenvalue weighted by molar-refractivity contribution is 7.99. The standard InChI is InChI=1S/C27H37F3N4OS/c1-14-15(2)23(36-21-10-8-7-9-20(14)21)22-17(4)31-25(32-18(5)27(28,29)30)33-24(22)34-26(6)12-11-19(13-35)16(26)3/h7-10,14-16,18-19,23,35H,11-13H2,1-6H3,(H2,31,32,33,34). The molecule has 1 aromatic carbocycles. The van der Waals surface area contributed by atoms with Crippen molar-refractivity contribution in [2.75, 3.05) is 17.2 Å². The van der Waals surface area contributed by atoms with Gasteiger partial charge >= 0.3 is 6.18 Å². The number of fused-ring (bicyclic) bond motifs is 1. The Balaban J connectivity index is 1.78. The molecule has 0 bridgehead atoms. The molecule has 0 amide bonds. The van der Waals surface area contributed by atoms with Gasteiger partial charge in [0.1, 0.15) is 11.9 Å². The summed E-state index contributed by atoms with van der Waals surface area (Å²) in [6.45, 7) is 11.7. The molecule has 0 spiro atoms. The molecule has 1 aliphatic heterocycles. The fourth-order valence-corrected chi connectivity index (χ4v) is 7.28. The molecule has 2 aliphatic rings. The molecule has 198 valence electrons. The zero-order chi connectivity index (χ0) is 26.4. The largest absolute Gasteiger partial charge is 0.408 e. The predicted octanol–water partition coefficient (Wildman–Crippen LogP) is 6.94. The summed E-state index contributed by atoms with van der Waals surface area (Å²) < 4.78 is 39.9. The van der Waals surface area contributed by atoms with Gasteiger partial charge in [-0.05, 0) is 68.9 Å². The van der Waals surface area contributed by atoms with E-state index in [1.165, 1.54) is 10.5 Å². The van der Waals surface area contributed by atoms with Gasteiger partial charge < -0.3 is 15.7 Å². The van der Waals surface area contributed by atoms with Crippen LogP contribution in [-0.4, -0.2) is 39.4 Å². The summed E-state index contributed by atoms with van der Waals surface area (Å²) in [7, 11) is 0. The van der Waals surface area contributed by atoms with Gasteiger partial charge in [-0.2, -0.15) is 18.2 Å². The Labute approximate surface area is 216 Å². The summed E-state index contributed by atoms with van der Waals surface area (Å²) in [4.78, 5) is 10.4. The molecule has 36 heavy (non-hydrogen) atoms. The number of rotatable bonds is 6. The second-order valence-corrected chi connectivity index (χ2v) is 12.0. The Morgan fingerprint density at radius 2 is 1.89 bits per heavy atom. The summed E-state index contributed by atoms with van der Waals surface area (Å²) in [5.41, 5.74) is 2.59. The van der Waals surface area contributed by atoms with Crippen LogP contribution in [0.25, 0.3) is 0 Å². The molecule has 9 heteroatoms. The first-order valence-electron chi connectivity index (χ1n) is 12.7. The monoisotopic (exact) mass is 522 g/mol. The number of nitrogens with one attached hydrogen (secondary N) is 2. The molecule has 5 nitrogen and oxygen atoms in total. The van der Waals surface area contributed by atoms with Gasteiger partial charge in [-0.3, -0.25) is 0 Å². The van der Waals surface area contributed by atoms with E-state index >= 15 is 0 Å². The zero-order valence-electron chi connectivity index (χ0n) is 21.8. The minimum absolute atomic E-state index is 0.0292. The lowest BCUT2D eigenvalue weighted by Gasteiger charge is -2.39. The van der Waals surface area contributed by atoms with Gasteiger partial charge in [-0.15, -0.1) is 11.8 Å². The lowest BCUT2D eigenvalue weighted by Crippen LogP contribution is -2.40. The summed E-state index contributed by atoms with van der Waals surface area (Å²) >= 11 is 1.78. The van der Waals surface area contributed by atoms with E-state index in [-0.39, 0.29) is 41.1 Å². The number of anilines is 2. The number of aliphatic hydroxyl groups excluding tert-OH is 1. The van der Waals surface area contributed by atoms with Gasteiger partial charge in [0.05, 0.1) is 0 Å². The minimum atomic E-state index is -4.41. The Kier molecular flexibility index (Phi) is 7.55. The number of alkyl halides is 3. The average Bonchev–Trinajstić information content (AvgIpc) is 3.09. The van der Waals surface area contributed by atoms with Crippen molar-refractivity contribution in [3.63, 3.8) is 0 Å². The van der Waals surface area contributed by atoms with Gasteiger partial charge in [-0.25, -0.2) is 4.98 Å². The van der Waals surface area contributed by atoms with E-state index in [2.05, 4.69) is 66.5 Å². The van der Waals surface area contributed by atoms with Crippen LogP contribution >= 0.6 is 11.8 Å². The number of benzene rings is 1. The molecule has 2 aromatic rings. The second kappa shape index (κ2) is 10.0. The van der Waals surface area contributed by atoms with E-state index in [4.69, 9.17) is 0 Å². The topological polar surface area (TPSA) is 70.1 Å². The van der Waals surface area contributed by atoms with Gasteiger partial charge in [-0.1, -0.05) is 39.0 Å². The van der Waals surface area contributed by atoms with Gasteiger partial charge in [0.2, 0.25) is 5.95 Å². The zero-order valence-corrected chi connectivity index (χ0v) is 22.6. The van der Waals surface area contributed by atoms with Gasteiger partial charge in [0, 0.05) is 33.5 Å². The maximum absolute atomic E-state index is 13.3. The maximum atomic E-state index is 13.3. The van der Waals surface area contributed by atoms with Crippen molar-refractivity contribution < 1.29 is 18.3 Å². The Morgan fingerprint density at radius 1 is 1.19 bits per heavy atom. The van der Waals surface area contributed by atoms with Crippen molar-refractivity contribution in [3.8, 4) is 0 Å². The fourth-order valence-electron chi connectivity index (χ4n) is 5.61. The third kappa shape index (κ3) is 5.05. The lowest BCUT2D eigenvalue weighted by molar-refractivity contribution is -0.138. The molecule has 7 unspecified atom stereocenters. The smallest absolute Gasteiger partial charge is 0.396 e. The van der Waals surface area contributed by atoms with Gasteiger partial charge in [0.25, 0.3) is 0 Å². The number of thioether (sulfide) groups is 1. The number of halogens is 3. The molecule has 2 heterocycles. The number of aliphatic hydroxyl groups is 1. The highest BCUT2D eigenvalue weighted by Gasteiger charge is 2.44. The minimum Gasteiger partial charge on any atom is -0.396 e. The van der Waals surface area contributed by atoms with Crippen LogP contribution in [0.15, 0.2) is 29.2 Å². The highest BCUT2D eigenvalue weighted by atomic mass is 32.2. The van der Waals surface area contributed by atoms with Crippen LogP contribution in [0.1, 0.15) is 75.4 Å². The summed E-state index contributed by atoms with van der Waals surface area (Å²) in [6.07, 6.45) is -2.68. The Morgan fingerprint density at radius 3 is 2.53 bits per heavy atom. The van der Waals surface area contributed by atoms with Crippen molar-refractivity contribution in [1.82, 2.24) is 9.97 Å². The van der Waals surface area contributed by atoms with E-state index in [0.717, 1.165) is 25.3 Å². The maximum Gasteiger partial charge on any atom is 0.408 e. The summed E-state index contributed by atoms with van der Waals surface area (Å²) in [5, 5.41) is 16.0. The quantitative estimate of drug-likeness (QED) is 0.382. The second-order valence-electron chi connectivity index (χ2n) is 10.8. The van der Waals surface area contributed by atoms with Crippen molar-refractivity contribution in [2.24, 2.45) is 17.8 Å². The van der Waals surface area contributed by atoms with E-state index < -0.39 is 12.2 Å². The third-order valence-corrected chi connectivity index (χ3v) is 10.1. The summed E-state index contributed by atoms with van der Waals surface area (Å²) in [6, 6.07) is 6.63. The summed E-state index contributed by atoms with van der Waals surface area (Å²) in [5.74, 6) is 1.47. The van der Waals surface area contributed by atoms with E-state index in [0.29, 0.717) is 17.4 Å². The van der Waals surface area contributed by atoms with Crippen LogP contribution in [0.5, 0.6) is 0 Å². The molecule has 1 aromatic heterocycles. The van der Waals surface area contributed by atoms with Crippen LogP contribution in [0.3, 0.4) is 0 Å².